The van der Waals surface area contributed by atoms with E-state index in [1.54, 1.807) is 5.01 Å². The lowest BCUT2D eigenvalue weighted by atomic mass is 10.4. The van der Waals surface area contributed by atoms with E-state index in [0.29, 0.717) is 36.9 Å². The summed E-state index contributed by atoms with van der Waals surface area (Å²) in [4.78, 5) is 14.7. The monoisotopic (exact) mass is 321 g/mol. The number of rotatable bonds is 2. The van der Waals surface area contributed by atoms with Gasteiger partial charge in [0, 0.05) is 19.2 Å². The maximum absolute atomic E-state index is 12.9. The van der Waals surface area contributed by atoms with Crippen LogP contribution in [0.5, 0.6) is 0 Å². The minimum absolute atomic E-state index is 0.106. The molecular formula is C10H10F3N5O2S. The molecular weight excluding hydrogens is 311 g/mol. The highest BCUT2D eigenvalue weighted by atomic mass is 32.1. The molecule has 0 bridgehead atoms. The van der Waals surface area contributed by atoms with Crippen LogP contribution in [0.3, 0.4) is 0 Å². The molecule has 2 aromatic rings. The fourth-order valence-electron chi connectivity index (χ4n) is 1.87. The molecule has 7 nitrogen and oxygen atoms in total. The number of ether oxygens (including phenoxy) is 1. The second-order valence-electron chi connectivity index (χ2n) is 4.29. The van der Waals surface area contributed by atoms with Crippen LogP contribution < -0.4 is 11.0 Å². The third-order valence-electron chi connectivity index (χ3n) is 2.81. The number of hydrogen-bond acceptors (Lipinski definition) is 7. The van der Waals surface area contributed by atoms with Gasteiger partial charge in [-0.15, -0.1) is 5.10 Å². The second kappa shape index (κ2) is 5.24. The zero-order valence-corrected chi connectivity index (χ0v) is 11.4. The van der Waals surface area contributed by atoms with Gasteiger partial charge in [0.05, 0.1) is 13.2 Å². The Morgan fingerprint density at radius 2 is 2.05 bits per heavy atom. The summed E-state index contributed by atoms with van der Waals surface area (Å²) in [5.41, 5.74) is 0.823. The van der Waals surface area contributed by atoms with Gasteiger partial charge in [0.15, 0.2) is 5.69 Å². The van der Waals surface area contributed by atoms with Gasteiger partial charge in [-0.05, 0) is 0 Å². The molecule has 0 spiro atoms. The predicted octanol–water partition coefficient (Wildman–Crippen LogP) is 0.829. The van der Waals surface area contributed by atoms with Crippen LogP contribution in [0.25, 0.3) is 4.96 Å². The average molecular weight is 321 g/mol. The SMILES string of the molecule is O=c1cc(C(F)(F)F)n2nc(NN3CCOCC3)sc2n1. The molecule has 3 rings (SSSR count). The topological polar surface area (TPSA) is 71.8 Å². The maximum Gasteiger partial charge on any atom is 0.433 e. The minimum atomic E-state index is -4.67. The molecule has 1 aliphatic rings. The van der Waals surface area contributed by atoms with Gasteiger partial charge in [0.2, 0.25) is 10.1 Å². The molecule has 0 aromatic carbocycles. The van der Waals surface area contributed by atoms with E-state index < -0.39 is 17.4 Å². The number of aromatic nitrogens is 3. The molecule has 1 N–H and O–H groups in total. The van der Waals surface area contributed by atoms with Crippen molar-refractivity contribution in [3.8, 4) is 0 Å². The lowest BCUT2D eigenvalue weighted by Gasteiger charge is -2.26. The summed E-state index contributed by atoms with van der Waals surface area (Å²) < 4.78 is 44.5. The molecule has 1 saturated heterocycles. The molecule has 0 aliphatic carbocycles. The molecule has 0 atom stereocenters. The van der Waals surface area contributed by atoms with Gasteiger partial charge in [0.25, 0.3) is 5.56 Å². The molecule has 0 amide bonds. The molecule has 114 valence electrons. The van der Waals surface area contributed by atoms with Gasteiger partial charge >= 0.3 is 6.18 Å². The number of fused-ring (bicyclic) bond motifs is 1. The fourth-order valence-corrected chi connectivity index (χ4v) is 2.70. The molecule has 1 fully saturated rings. The number of nitrogens with zero attached hydrogens (tertiary/aromatic N) is 4. The number of halogens is 3. The number of nitrogens with one attached hydrogen (secondary N) is 1. The summed E-state index contributed by atoms with van der Waals surface area (Å²) in [7, 11) is 0. The first-order chi connectivity index (χ1) is 9.93. The standard InChI is InChI=1S/C10H10F3N5O2S/c11-10(12,13)6-5-7(19)14-9-18(6)16-8(21-9)15-17-1-3-20-4-2-17/h5H,1-4H2,(H,15,16). The zero-order valence-electron chi connectivity index (χ0n) is 10.6. The third kappa shape index (κ3) is 2.99. The van der Waals surface area contributed by atoms with Crippen LogP contribution in [-0.2, 0) is 10.9 Å². The maximum atomic E-state index is 12.9. The number of anilines is 1. The van der Waals surface area contributed by atoms with E-state index in [9.17, 15) is 18.0 Å². The van der Waals surface area contributed by atoms with Crippen LogP contribution in [0, 0.1) is 0 Å². The molecule has 0 saturated carbocycles. The molecule has 21 heavy (non-hydrogen) atoms. The van der Waals surface area contributed by atoms with E-state index in [4.69, 9.17) is 4.74 Å². The van der Waals surface area contributed by atoms with Crippen molar-refractivity contribution in [1.29, 1.82) is 0 Å². The number of hydrazine groups is 1. The van der Waals surface area contributed by atoms with Gasteiger partial charge < -0.3 is 4.74 Å². The Labute approximate surface area is 119 Å². The van der Waals surface area contributed by atoms with Gasteiger partial charge in [-0.25, -0.2) is 5.01 Å². The van der Waals surface area contributed by atoms with E-state index in [1.165, 1.54) is 0 Å². The van der Waals surface area contributed by atoms with Crippen molar-refractivity contribution in [3.63, 3.8) is 0 Å². The Morgan fingerprint density at radius 3 is 2.71 bits per heavy atom. The van der Waals surface area contributed by atoms with E-state index >= 15 is 0 Å². The van der Waals surface area contributed by atoms with E-state index in [1.807, 2.05) is 0 Å². The van der Waals surface area contributed by atoms with Crippen LogP contribution in [0.15, 0.2) is 10.9 Å². The van der Waals surface area contributed by atoms with E-state index in [2.05, 4.69) is 15.5 Å². The highest BCUT2D eigenvalue weighted by molar-refractivity contribution is 7.20. The Morgan fingerprint density at radius 1 is 1.33 bits per heavy atom. The minimum Gasteiger partial charge on any atom is -0.379 e. The quantitative estimate of drug-likeness (QED) is 0.883. The highest BCUT2D eigenvalue weighted by Gasteiger charge is 2.35. The summed E-state index contributed by atoms with van der Waals surface area (Å²) in [6, 6.07) is 0.436. The Bertz CT molecular complexity index is 707. The first-order valence-corrected chi connectivity index (χ1v) is 6.82. The lowest BCUT2D eigenvalue weighted by molar-refractivity contribution is -0.142. The summed E-state index contributed by atoms with van der Waals surface area (Å²) in [6.07, 6.45) is -4.67. The largest absolute Gasteiger partial charge is 0.433 e. The normalized spacial score (nSPS) is 17.3. The lowest BCUT2D eigenvalue weighted by Crippen LogP contribution is -2.40. The summed E-state index contributed by atoms with van der Waals surface area (Å²) >= 11 is 0.883. The Balaban J connectivity index is 1.97. The fraction of sp³-hybridized carbons (Fsp3) is 0.500. The molecule has 2 aromatic heterocycles. The van der Waals surface area contributed by atoms with Crippen LogP contribution >= 0.6 is 11.3 Å². The average Bonchev–Trinajstić information content (AvgIpc) is 2.79. The van der Waals surface area contributed by atoms with E-state index in [0.717, 1.165) is 11.3 Å². The van der Waals surface area contributed by atoms with Crippen LogP contribution in [0.1, 0.15) is 5.69 Å². The van der Waals surface area contributed by atoms with Gasteiger partial charge in [-0.2, -0.15) is 22.7 Å². The van der Waals surface area contributed by atoms with Crippen molar-refractivity contribution in [3.05, 3.63) is 22.1 Å². The van der Waals surface area contributed by atoms with Gasteiger partial charge in [-0.1, -0.05) is 11.3 Å². The predicted molar refractivity (Wildman–Crippen MR) is 68.2 cm³/mol. The van der Waals surface area contributed by atoms with Crippen molar-refractivity contribution in [2.24, 2.45) is 0 Å². The molecule has 0 unspecified atom stereocenters. The summed E-state index contributed by atoms with van der Waals surface area (Å²) in [6.45, 7) is 2.24. The van der Waals surface area contributed by atoms with Crippen LogP contribution in [0.4, 0.5) is 18.3 Å². The first kappa shape index (κ1) is 14.2. The van der Waals surface area contributed by atoms with Crippen molar-refractivity contribution in [2.75, 3.05) is 31.7 Å². The van der Waals surface area contributed by atoms with Crippen LogP contribution in [0.2, 0.25) is 0 Å². The molecule has 1 aliphatic heterocycles. The highest BCUT2D eigenvalue weighted by Crippen LogP contribution is 2.30. The van der Waals surface area contributed by atoms with E-state index in [-0.39, 0.29) is 10.1 Å². The smallest absolute Gasteiger partial charge is 0.379 e. The molecule has 3 heterocycles. The molecule has 11 heteroatoms. The number of hydrogen-bond donors (Lipinski definition) is 1. The molecule has 0 radical (unpaired) electrons. The van der Waals surface area contributed by atoms with Crippen molar-refractivity contribution < 1.29 is 17.9 Å². The first-order valence-electron chi connectivity index (χ1n) is 6.01. The second-order valence-corrected chi connectivity index (χ2v) is 5.25. The van der Waals surface area contributed by atoms with Crippen molar-refractivity contribution in [1.82, 2.24) is 19.6 Å². The zero-order chi connectivity index (χ0) is 15.0. The number of alkyl halides is 3. The third-order valence-corrected chi connectivity index (χ3v) is 3.62. The number of morpholine rings is 1. The Kier molecular flexibility index (Phi) is 3.55. The summed E-state index contributed by atoms with van der Waals surface area (Å²) in [5, 5.41) is 5.86. The van der Waals surface area contributed by atoms with Gasteiger partial charge in [0.1, 0.15) is 0 Å². The van der Waals surface area contributed by atoms with Crippen molar-refractivity contribution >= 4 is 21.4 Å². The Hall–Kier alpha value is -1.72. The van der Waals surface area contributed by atoms with Gasteiger partial charge in [-0.3, -0.25) is 10.2 Å². The van der Waals surface area contributed by atoms with Crippen molar-refractivity contribution in [2.45, 2.75) is 6.18 Å². The summed E-state index contributed by atoms with van der Waals surface area (Å²) in [5.74, 6) is 0. The van der Waals surface area contributed by atoms with Crippen LogP contribution in [-0.4, -0.2) is 45.9 Å².